The fourth-order valence-electron chi connectivity index (χ4n) is 1.65. The number of ketones is 1. The van der Waals surface area contributed by atoms with Gasteiger partial charge in [0, 0.05) is 24.7 Å². The van der Waals surface area contributed by atoms with Gasteiger partial charge >= 0.3 is 0 Å². The molecule has 1 aliphatic heterocycles. The van der Waals surface area contributed by atoms with E-state index in [2.05, 4.69) is 9.97 Å². The van der Waals surface area contributed by atoms with Gasteiger partial charge in [0.25, 0.3) is 0 Å². The van der Waals surface area contributed by atoms with E-state index in [0.717, 1.165) is 24.5 Å². The molecule has 0 spiro atoms. The predicted molar refractivity (Wildman–Crippen MR) is 53.2 cm³/mol. The van der Waals surface area contributed by atoms with Crippen LogP contribution in [0.15, 0.2) is 12.4 Å². The molecular formula is C10H13N3O. The summed E-state index contributed by atoms with van der Waals surface area (Å²) in [4.78, 5) is 21.5. The molecule has 74 valence electrons. The molecule has 14 heavy (non-hydrogen) atoms. The third-order valence-electron chi connectivity index (χ3n) is 2.36. The second-order valence-electron chi connectivity index (χ2n) is 3.58. The Kier molecular flexibility index (Phi) is 2.43. The maximum absolute atomic E-state index is 11.2. The predicted octanol–water partition coefficient (Wildman–Crippen LogP) is 0.954. The van der Waals surface area contributed by atoms with Gasteiger partial charge in [-0.15, -0.1) is 0 Å². The first-order chi connectivity index (χ1) is 6.75. The van der Waals surface area contributed by atoms with E-state index in [-0.39, 0.29) is 0 Å². The lowest BCUT2D eigenvalue weighted by atomic mass is 10.1. The van der Waals surface area contributed by atoms with Crippen molar-refractivity contribution >= 4 is 11.6 Å². The second-order valence-corrected chi connectivity index (χ2v) is 3.58. The van der Waals surface area contributed by atoms with E-state index in [1.165, 1.54) is 0 Å². The minimum Gasteiger partial charge on any atom is -0.349 e. The summed E-state index contributed by atoms with van der Waals surface area (Å²) in [5.74, 6) is 1.16. The number of Topliss-reactive ketones (excluding diaryl/α,β-unsaturated/α-hetero) is 1. The lowest BCUT2D eigenvalue weighted by Gasteiger charge is -2.26. The van der Waals surface area contributed by atoms with Crippen molar-refractivity contribution in [1.29, 1.82) is 0 Å². The Morgan fingerprint density at radius 2 is 2.29 bits per heavy atom. The van der Waals surface area contributed by atoms with Crippen LogP contribution in [0.5, 0.6) is 0 Å². The van der Waals surface area contributed by atoms with Crippen molar-refractivity contribution in [2.75, 3.05) is 18.0 Å². The fourth-order valence-corrected chi connectivity index (χ4v) is 1.65. The summed E-state index contributed by atoms with van der Waals surface area (Å²) in [6.45, 7) is 3.34. The summed E-state index contributed by atoms with van der Waals surface area (Å²) in [5, 5.41) is 0. The Bertz CT molecular complexity index is 351. The number of aryl methyl sites for hydroxylation is 1. The molecule has 1 fully saturated rings. The molecule has 2 rings (SSSR count). The van der Waals surface area contributed by atoms with E-state index in [9.17, 15) is 4.79 Å². The fraction of sp³-hybridized carbons (Fsp3) is 0.500. The number of hydrogen-bond acceptors (Lipinski definition) is 4. The Hall–Kier alpha value is -1.45. The number of anilines is 1. The Balaban J connectivity index is 2.17. The van der Waals surface area contributed by atoms with Crippen LogP contribution in [0, 0.1) is 6.92 Å². The minimum atomic E-state index is 0.299. The summed E-state index contributed by atoms with van der Waals surface area (Å²) in [7, 11) is 0. The first-order valence-electron chi connectivity index (χ1n) is 4.81. The van der Waals surface area contributed by atoms with E-state index in [1.54, 1.807) is 6.33 Å². The van der Waals surface area contributed by atoms with Crippen molar-refractivity contribution in [2.24, 2.45) is 0 Å². The number of aromatic nitrogens is 2. The van der Waals surface area contributed by atoms with Crippen LogP contribution in [0.25, 0.3) is 0 Å². The topological polar surface area (TPSA) is 46.1 Å². The second kappa shape index (κ2) is 3.74. The molecule has 0 radical (unpaired) electrons. The molecule has 1 aliphatic rings. The Morgan fingerprint density at radius 3 is 3.00 bits per heavy atom. The summed E-state index contributed by atoms with van der Waals surface area (Å²) in [6.07, 6.45) is 3.19. The van der Waals surface area contributed by atoms with Crippen molar-refractivity contribution < 1.29 is 4.79 Å². The highest BCUT2D eigenvalue weighted by Gasteiger charge is 2.17. The molecule has 0 unspecified atom stereocenters. The average molecular weight is 191 g/mol. The third-order valence-corrected chi connectivity index (χ3v) is 2.36. The van der Waals surface area contributed by atoms with E-state index in [4.69, 9.17) is 0 Å². The van der Waals surface area contributed by atoms with Gasteiger partial charge in [-0.05, 0) is 13.3 Å². The highest BCUT2D eigenvalue weighted by Crippen LogP contribution is 2.15. The molecule has 0 bridgehead atoms. The van der Waals surface area contributed by atoms with Crippen molar-refractivity contribution in [2.45, 2.75) is 19.8 Å². The molecular weight excluding hydrogens is 178 g/mol. The molecule has 0 atom stereocenters. The van der Waals surface area contributed by atoms with Crippen LogP contribution in [-0.2, 0) is 4.79 Å². The Labute approximate surface area is 83.0 Å². The van der Waals surface area contributed by atoms with Crippen LogP contribution in [0.2, 0.25) is 0 Å². The molecule has 0 saturated carbocycles. The maximum Gasteiger partial charge on any atom is 0.152 e. The van der Waals surface area contributed by atoms with Gasteiger partial charge < -0.3 is 4.90 Å². The zero-order chi connectivity index (χ0) is 9.97. The number of nitrogens with zero attached hydrogens (tertiary/aromatic N) is 3. The van der Waals surface area contributed by atoms with E-state index < -0.39 is 0 Å². The molecule has 0 aliphatic carbocycles. The van der Waals surface area contributed by atoms with E-state index >= 15 is 0 Å². The minimum absolute atomic E-state index is 0.299. The lowest BCUT2D eigenvalue weighted by Crippen LogP contribution is -2.36. The molecule has 0 aromatic carbocycles. The van der Waals surface area contributed by atoms with Crippen molar-refractivity contribution in [3.8, 4) is 0 Å². The van der Waals surface area contributed by atoms with Crippen LogP contribution in [0.4, 0.5) is 5.82 Å². The summed E-state index contributed by atoms with van der Waals surface area (Å²) >= 11 is 0. The number of carbonyl (C=O) groups excluding carboxylic acids is 1. The summed E-state index contributed by atoms with van der Waals surface area (Å²) < 4.78 is 0. The Morgan fingerprint density at radius 1 is 1.43 bits per heavy atom. The lowest BCUT2D eigenvalue weighted by molar-refractivity contribution is -0.118. The number of piperidine rings is 1. The van der Waals surface area contributed by atoms with Crippen LogP contribution >= 0.6 is 0 Å². The van der Waals surface area contributed by atoms with E-state index in [0.29, 0.717) is 18.7 Å². The maximum atomic E-state index is 11.2. The molecule has 1 aromatic rings. The highest BCUT2D eigenvalue weighted by atomic mass is 16.1. The van der Waals surface area contributed by atoms with Crippen molar-refractivity contribution in [3.05, 3.63) is 18.1 Å². The number of hydrogen-bond donors (Lipinski definition) is 0. The first kappa shape index (κ1) is 9.12. The van der Waals surface area contributed by atoms with Gasteiger partial charge in [0.15, 0.2) is 5.78 Å². The van der Waals surface area contributed by atoms with Crippen LogP contribution in [-0.4, -0.2) is 28.8 Å². The third kappa shape index (κ3) is 1.89. The van der Waals surface area contributed by atoms with E-state index in [1.807, 2.05) is 17.9 Å². The molecule has 4 nitrogen and oxygen atoms in total. The van der Waals surface area contributed by atoms with Gasteiger partial charge in [0.2, 0.25) is 0 Å². The monoisotopic (exact) mass is 191 g/mol. The van der Waals surface area contributed by atoms with Gasteiger partial charge in [-0.25, -0.2) is 9.97 Å². The van der Waals surface area contributed by atoms with Gasteiger partial charge in [0.05, 0.1) is 6.54 Å². The number of carbonyl (C=O) groups is 1. The van der Waals surface area contributed by atoms with Crippen molar-refractivity contribution in [3.63, 3.8) is 0 Å². The summed E-state index contributed by atoms with van der Waals surface area (Å²) in [5.41, 5.74) is 0.938. The smallest absolute Gasteiger partial charge is 0.152 e. The molecule has 2 heterocycles. The number of rotatable bonds is 1. The zero-order valence-electron chi connectivity index (χ0n) is 8.23. The molecule has 0 amide bonds. The molecule has 1 aromatic heterocycles. The van der Waals surface area contributed by atoms with Crippen LogP contribution < -0.4 is 4.90 Å². The van der Waals surface area contributed by atoms with Gasteiger partial charge in [-0.3, -0.25) is 4.79 Å². The molecule has 4 heteroatoms. The zero-order valence-corrected chi connectivity index (χ0v) is 8.23. The van der Waals surface area contributed by atoms with Gasteiger partial charge in [-0.2, -0.15) is 0 Å². The first-order valence-corrected chi connectivity index (χ1v) is 4.81. The average Bonchev–Trinajstić information content (AvgIpc) is 2.18. The van der Waals surface area contributed by atoms with Gasteiger partial charge in [-0.1, -0.05) is 0 Å². The van der Waals surface area contributed by atoms with Crippen LogP contribution in [0.1, 0.15) is 18.5 Å². The van der Waals surface area contributed by atoms with Gasteiger partial charge in [0.1, 0.15) is 12.1 Å². The standard InChI is InChI=1S/C10H13N3O/c1-8-5-10(12-7-11-8)13-4-2-3-9(14)6-13/h5,7H,2-4,6H2,1H3. The van der Waals surface area contributed by atoms with Crippen LogP contribution in [0.3, 0.4) is 0 Å². The normalized spacial score (nSPS) is 17.2. The van der Waals surface area contributed by atoms with Crippen molar-refractivity contribution in [1.82, 2.24) is 9.97 Å². The SMILES string of the molecule is Cc1cc(N2CCCC(=O)C2)ncn1. The quantitative estimate of drug-likeness (QED) is 0.663. The molecule has 0 N–H and O–H groups in total. The highest BCUT2D eigenvalue weighted by molar-refractivity contribution is 5.84. The summed E-state index contributed by atoms with van der Waals surface area (Å²) in [6, 6.07) is 1.92. The largest absolute Gasteiger partial charge is 0.349 e. The molecule has 1 saturated heterocycles.